The lowest BCUT2D eigenvalue weighted by Crippen LogP contribution is -2.42. The SMILES string of the molecule is CNCC1(CN(C)CCCOC)CCCCCC1. The molecule has 0 aromatic rings. The van der Waals surface area contributed by atoms with E-state index in [-0.39, 0.29) is 0 Å². The second-order valence-corrected chi connectivity index (χ2v) is 6.03. The maximum atomic E-state index is 5.14. The molecule has 0 amide bonds. The Bertz CT molecular complexity index is 201. The molecular weight excluding hydrogens is 224 g/mol. The summed E-state index contributed by atoms with van der Waals surface area (Å²) in [7, 11) is 6.14. The van der Waals surface area contributed by atoms with Crippen LogP contribution in [-0.4, -0.2) is 52.3 Å². The predicted octanol–water partition coefficient (Wildman–Crippen LogP) is 2.51. The molecule has 0 bridgehead atoms. The molecule has 0 aromatic carbocycles. The third-order valence-electron chi connectivity index (χ3n) is 4.21. The smallest absolute Gasteiger partial charge is 0.0474 e. The van der Waals surface area contributed by atoms with E-state index < -0.39 is 0 Å². The van der Waals surface area contributed by atoms with Crippen LogP contribution in [0.5, 0.6) is 0 Å². The Labute approximate surface area is 113 Å². The van der Waals surface area contributed by atoms with E-state index in [1.54, 1.807) is 7.11 Å². The van der Waals surface area contributed by atoms with Crippen molar-refractivity contribution in [2.45, 2.75) is 44.9 Å². The highest BCUT2D eigenvalue weighted by atomic mass is 16.5. The van der Waals surface area contributed by atoms with Gasteiger partial charge in [0.1, 0.15) is 0 Å². The van der Waals surface area contributed by atoms with E-state index in [2.05, 4.69) is 24.3 Å². The molecule has 0 aromatic heterocycles. The summed E-state index contributed by atoms with van der Waals surface area (Å²) in [5.41, 5.74) is 0.507. The number of nitrogens with zero attached hydrogens (tertiary/aromatic N) is 1. The minimum Gasteiger partial charge on any atom is -0.385 e. The van der Waals surface area contributed by atoms with Crippen LogP contribution >= 0.6 is 0 Å². The van der Waals surface area contributed by atoms with Crippen LogP contribution in [0.2, 0.25) is 0 Å². The molecule has 0 heterocycles. The normalized spacial score (nSPS) is 20.0. The summed E-state index contributed by atoms with van der Waals surface area (Å²) in [6, 6.07) is 0. The maximum absolute atomic E-state index is 5.14. The van der Waals surface area contributed by atoms with Gasteiger partial charge in [-0.1, -0.05) is 25.7 Å². The molecule has 0 aliphatic heterocycles. The molecule has 1 rings (SSSR count). The molecule has 108 valence electrons. The highest BCUT2D eigenvalue weighted by molar-refractivity contribution is 4.86. The van der Waals surface area contributed by atoms with Gasteiger partial charge < -0.3 is 15.0 Å². The predicted molar refractivity (Wildman–Crippen MR) is 78.1 cm³/mol. The number of hydrogen-bond acceptors (Lipinski definition) is 3. The van der Waals surface area contributed by atoms with Gasteiger partial charge in [-0.3, -0.25) is 0 Å². The number of ether oxygens (including phenoxy) is 1. The van der Waals surface area contributed by atoms with Crippen molar-refractivity contribution >= 4 is 0 Å². The van der Waals surface area contributed by atoms with Gasteiger partial charge in [-0.05, 0) is 38.8 Å². The summed E-state index contributed by atoms with van der Waals surface area (Å²) in [6.45, 7) is 4.43. The zero-order valence-electron chi connectivity index (χ0n) is 12.6. The topological polar surface area (TPSA) is 24.5 Å². The third kappa shape index (κ3) is 5.68. The molecule has 3 nitrogen and oxygen atoms in total. The van der Waals surface area contributed by atoms with Gasteiger partial charge in [-0.15, -0.1) is 0 Å². The fourth-order valence-corrected chi connectivity index (χ4v) is 3.37. The minimum atomic E-state index is 0.507. The summed E-state index contributed by atoms with van der Waals surface area (Å²) in [6.07, 6.45) is 9.60. The quantitative estimate of drug-likeness (QED) is 0.533. The third-order valence-corrected chi connectivity index (χ3v) is 4.21. The second kappa shape index (κ2) is 8.89. The minimum absolute atomic E-state index is 0.507. The summed E-state index contributed by atoms with van der Waals surface area (Å²) >= 11 is 0. The zero-order valence-corrected chi connectivity index (χ0v) is 12.6. The first kappa shape index (κ1) is 15.9. The van der Waals surface area contributed by atoms with Crippen LogP contribution in [0.3, 0.4) is 0 Å². The standard InChI is InChI=1S/C15H32N2O/c1-16-13-15(9-6-4-5-7-10-15)14-17(2)11-8-12-18-3/h16H,4-14H2,1-3H3. The molecule has 0 atom stereocenters. The largest absolute Gasteiger partial charge is 0.385 e. The molecule has 18 heavy (non-hydrogen) atoms. The highest BCUT2D eigenvalue weighted by Crippen LogP contribution is 2.35. The molecular formula is C15H32N2O. The lowest BCUT2D eigenvalue weighted by atomic mass is 9.79. The Morgan fingerprint density at radius 3 is 2.39 bits per heavy atom. The number of rotatable bonds is 8. The highest BCUT2D eigenvalue weighted by Gasteiger charge is 2.31. The van der Waals surface area contributed by atoms with E-state index in [0.29, 0.717) is 5.41 Å². The van der Waals surface area contributed by atoms with Crippen molar-refractivity contribution in [1.82, 2.24) is 10.2 Å². The van der Waals surface area contributed by atoms with Crippen molar-refractivity contribution in [1.29, 1.82) is 0 Å². The average molecular weight is 256 g/mol. The van der Waals surface area contributed by atoms with Crippen molar-refractivity contribution in [2.75, 3.05) is 47.4 Å². The van der Waals surface area contributed by atoms with Gasteiger partial charge in [-0.2, -0.15) is 0 Å². The molecule has 0 unspecified atom stereocenters. The molecule has 3 heteroatoms. The van der Waals surface area contributed by atoms with Gasteiger partial charge >= 0.3 is 0 Å². The van der Waals surface area contributed by atoms with Crippen molar-refractivity contribution in [3.05, 3.63) is 0 Å². The van der Waals surface area contributed by atoms with Gasteiger partial charge in [0.25, 0.3) is 0 Å². The lowest BCUT2D eigenvalue weighted by Gasteiger charge is -2.36. The van der Waals surface area contributed by atoms with Crippen LogP contribution in [0.25, 0.3) is 0 Å². The van der Waals surface area contributed by atoms with Crippen molar-refractivity contribution in [3.8, 4) is 0 Å². The Hall–Kier alpha value is -0.120. The van der Waals surface area contributed by atoms with Crippen LogP contribution in [0.4, 0.5) is 0 Å². The van der Waals surface area contributed by atoms with E-state index in [4.69, 9.17) is 4.74 Å². The van der Waals surface area contributed by atoms with E-state index in [9.17, 15) is 0 Å². The zero-order chi connectivity index (χ0) is 13.3. The average Bonchev–Trinajstić information content (AvgIpc) is 2.56. The van der Waals surface area contributed by atoms with Gasteiger partial charge in [0.05, 0.1) is 0 Å². The first-order valence-electron chi connectivity index (χ1n) is 7.54. The Morgan fingerprint density at radius 2 is 1.83 bits per heavy atom. The van der Waals surface area contributed by atoms with Crippen molar-refractivity contribution in [3.63, 3.8) is 0 Å². The molecule has 0 radical (unpaired) electrons. The second-order valence-electron chi connectivity index (χ2n) is 6.03. The maximum Gasteiger partial charge on any atom is 0.0474 e. The summed E-state index contributed by atoms with van der Waals surface area (Å²) < 4.78 is 5.14. The Kier molecular flexibility index (Phi) is 7.87. The van der Waals surface area contributed by atoms with Gasteiger partial charge in [0, 0.05) is 33.4 Å². The van der Waals surface area contributed by atoms with Crippen molar-refractivity contribution in [2.24, 2.45) is 5.41 Å². The number of nitrogens with one attached hydrogen (secondary N) is 1. The fraction of sp³-hybridized carbons (Fsp3) is 1.00. The lowest BCUT2D eigenvalue weighted by molar-refractivity contribution is 0.132. The fourth-order valence-electron chi connectivity index (χ4n) is 3.37. The van der Waals surface area contributed by atoms with Gasteiger partial charge in [-0.25, -0.2) is 0 Å². The van der Waals surface area contributed by atoms with E-state index >= 15 is 0 Å². The Morgan fingerprint density at radius 1 is 1.17 bits per heavy atom. The molecule has 1 fully saturated rings. The molecule has 1 aliphatic carbocycles. The van der Waals surface area contributed by atoms with Gasteiger partial charge in [0.2, 0.25) is 0 Å². The molecule has 1 saturated carbocycles. The summed E-state index contributed by atoms with van der Waals surface area (Å²) in [4.78, 5) is 2.50. The molecule has 0 spiro atoms. The van der Waals surface area contributed by atoms with Crippen LogP contribution in [-0.2, 0) is 4.74 Å². The van der Waals surface area contributed by atoms with Crippen LogP contribution < -0.4 is 5.32 Å². The molecule has 1 N–H and O–H groups in total. The monoisotopic (exact) mass is 256 g/mol. The summed E-state index contributed by atoms with van der Waals surface area (Å²) in [5, 5.41) is 3.43. The van der Waals surface area contributed by atoms with E-state index in [0.717, 1.165) is 19.6 Å². The van der Waals surface area contributed by atoms with E-state index in [1.807, 2.05) is 0 Å². The summed E-state index contributed by atoms with van der Waals surface area (Å²) in [5.74, 6) is 0. The first-order chi connectivity index (χ1) is 8.72. The van der Waals surface area contributed by atoms with Crippen LogP contribution in [0.15, 0.2) is 0 Å². The van der Waals surface area contributed by atoms with Crippen molar-refractivity contribution < 1.29 is 4.74 Å². The van der Waals surface area contributed by atoms with Crippen LogP contribution in [0, 0.1) is 5.41 Å². The van der Waals surface area contributed by atoms with E-state index in [1.165, 1.54) is 51.6 Å². The van der Waals surface area contributed by atoms with Crippen LogP contribution in [0.1, 0.15) is 44.9 Å². The number of methoxy groups -OCH3 is 1. The molecule has 1 aliphatic rings. The number of hydrogen-bond donors (Lipinski definition) is 1. The van der Waals surface area contributed by atoms with Gasteiger partial charge in [0.15, 0.2) is 0 Å². The first-order valence-corrected chi connectivity index (χ1v) is 7.54. The molecule has 0 saturated heterocycles. The Balaban J connectivity index is 2.44.